The average Bonchev–Trinajstić information content (AvgIpc) is 3.17. The van der Waals surface area contributed by atoms with Gasteiger partial charge in [-0.2, -0.15) is 0 Å². The van der Waals surface area contributed by atoms with Gasteiger partial charge in [-0.25, -0.2) is 4.98 Å². The Balaban J connectivity index is 1.76. The molecule has 0 aliphatic heterocycles. The van der Waals surface area contributed by atoms with Crippen LogP contribution >= 0.6 is 11.3 Å². The van der Waals surface area contributed by atoms with Crippen LogP contribution in [0.5, 0.6) is 0 Å². The zero-order chi connectivity index (χ0) is 14.4. The first-order chi connectivity index (χ1) is 10.2. The Kier molecular flexibility index (Phi) is 3.34. The molecule has 114 valence electrons. The zero-order valence-electron chi connectivity index (χ0n) is 12.7. The van der Waals surface area contributed by atoms with Crippen molar-refractivity contribution >= 4 is 16.2 Å². The molecule has 1 N–H and O–H groups in total. The van der Waals surface area contributed by atoms with Gasteiger partial charge in [-0.05, 0) is 37.0 Å². The second-order valence-corrected chi connectivity index (χ2v) is 8.26. The number of fused-ring (bicyclic) bond motifs is 1. The van der Waals surface area contributed by atoms with Gasteiger partial charge >= 0.3 is 0 Å². The normalized spacial score (nSPS) is 24.1. The lowest BCUT2D eigenvalue weighted by Gasteiger charge is -2.34. The summed E-state index contributed by atoms with van der Waals surface area (Å²) in [6.07, 6.45) is 13.5. The summed E-state index contributed by atoms with van der Waals surface area (Å²) in [5.41, 5.74) is 1.18. The number of nitrogens with zero attached hydrogens (tertiary/aromatic N) is 2. The number of aromatic nitrogens is 2. The third kappa shape index (κ3) is 2.33. The second kappa shape index (κ2) is 5.10. The van der Waals surface area contributed by atoms with E-state index in [4.69, 9.17) is 0 Å². The summed E-state index contributed by atoms with van der Waals surface area (Å²) < 4.78 is 2.15. The van der Waals surface area contributed by atoms with Gasteiger partial charge in [0.05, 0.1) is 11.9 Å². The third-order valence-electron chi connectivity index (χ3n) is 5.44. The fourth-order valence-electron chi connectivity index (χ4n) is 3.87. The van der Waals surface area contributed by atoms with E-state index >= 15 is 0 Å². The highest BCUT2D eigenvalue weighted by Crippen LogP contribution is 2.52. The zero-order valence-corrected chi connectivity index (χ0v) is 13.5. The highest BCUT2D eigenvalue weighted by molar-refractivity contribution is 7.17. The average molecular weight is 304 g/mol. The molecule has 2 aliphatic carbocycles. The maximum Gasteiger partial charge on any atom is 0.120 e. The molecular weight excluding hydrogens is 280 g/mol. The lowest BCUT2D eigenvalue weighted by molar-refractivity contribution is 0.0199. The topological polar surface area (TPSA) is 37.5 Å². The maximum absolute atomic E-state index is 11.3. The van der Waals surface area contributed by atoms with Crippen molar-refractivity contribution in [3.8, 4) is 0 Å². The number of imidazole rings is 1. The molecule has 0 bridgehead atoms. The van der Waals surface area contributed by atoms with Crippen molar-refractivity contribution in [2.75, 3.05) is 0 Å². The van der Waals surface area contributed by atoms with Crippen LogP contribution in [0.4, 0.5) is 0 Å². The van der Waals surface area contributed by atoms with E-state index in [0.29, 0.717) is 5.92 Å². The number of aliphatic hydroxyl groups excluding tert-OH is 1. The van der Waals surface area contributed by atoms with Gasteiger partial charge in [0.1, 0.15) is 17.3 Å². The predicted molar refractivity (Wildman–Crippen MR) is 85.8 cm³/mol. The molecule has 3 nitrogen and oxygen atoms in total. The molecule has 0 saturated heterocycles. The molecule has 2 aromatic heterocycles. The van der Waals surface area contributed by atoms with Gasteiger partial charge in [-0.3, -0.25) is 4.40 Å². The fourth-order valence-corrected chi connectivity index (χ4v) is 5.17. The van der Waals surface area contributed by atoms with Gasteiger partial charge in [0.2, 0.25) is 0 Å². The Morgan fingerprint density at radius 2 is 2.00 bits per heavy atom. The minimum absolute atomic E-state index is 0.0262. The second-order valence-electron chi connectivity index (χ2n) is 7.20. The molecule has 1 unspecified atom stereocenters. The molecule has 0 aromatic carbocycles. The van der Waals surface area contributed by atoms with E-state index in [1.165, 1.54) is 48.2 Å². The van der Waals surface area contributed by atoms with E-state index in [1.54, 1.807) is 0 Å². The van der Waals surface area contributed by atoms with Gasteiger partial charge in [0.15, 0.2) is 0 Å². The van der Waals surface area contributed by atoms with Crippen LogP contribution in [-0.2, 0) is 0 Å². The van der Waals surface area contributed by atoms with Crippen molar-refractivity contribution < 1.29 is 5.11 Å². The van der Waals surface area contributed by atoms with E-state index in [9.17, 15) is 5.11 Å². The Labute approximate surface area is 130 Å². The van der Waals surface area contributed by atoms with Crippen LogP contribution in [0.15, 0.2) is 12.5 Å². The summed E-state index contributed by atoms with van der Waals surface area (Å²) >= 11 is 1.84. The first-order valence-corrected chi connectivity index (χ1v) is 9.13. The Bertz CT molecular complexity index is 632. The van der Waals surface area contributed by atoms with Crippen LogP contribution in [0.2, 0.25) is 0 Å². The fraction of sp³-hybridized carbons (Fsp3) is 0.706. The van der Waals surface area contributed by atoms with Gasteiger partial charge in [0.25, 0.3) is 0 Å². The minimum Gasteiger partial charge on any atom is -0.386 e. The number of thiazole rings is 1. The maximum atomic E-state index is 11.3. The highest BCUT2D eigenvalue weighted by atomic mass is 32.1. The molecule has 2 aromatic rings. The molecule has 4 heteroatoms. The van der Waals surface area contributed by atoms with Crippen molar-refractivity contribution in [3.05, 3.63) is 23.1 Å². The number of hydrogen-bond donors (Lipinski definition) is 1. The summed E-state index contributed by atoms with van der Waals surface area (Å²) in [6.45, 7) is 2.29. The SMILES string of the molecule is CC1(C(O)c2c(C3CC3)sc3cncn23)CCCCCC1. The van der Waals surface area contributed by atoms with E-state index in [-0.39, 0.29) is 11.5 Å². The van der Waals surface area contributed by atoms with E-state index < -0.39 is 0 Å². The molecular formula is C17H24N2OS. The van der Waals surface area contributed by atoms with Crippen molar-refractivity contribution in [2.45, 2.75) is 70.3 Å². The van der Waals surface area contributed by atoms with Gasteiger partial charge < -0.3 is 5.11 Å². The summed E-state index contributed by atoms with van der Waals surface area (Å²) in [5.74, 6) is 0.689. The van der Waals surface area contributed by atoms with Crippen LogP contribution in [0, 0.1) is 5.41 Å². The lowest BCUT2D eigenvalue weighted by atomic mass is 9.75. The Morgan fingerprint density at radius 3 is 2.67 bits per heavy atom. The molecule has 1 atom stereocenters. The lowest BCUT2D eigenvalue weighted by Crippen LogP contribution is -2.26. The summed E-state index contributed by atoms with van der Waals surface area (Å²) in [7, 11) is 0. The van der Waals surface area contributed by atoms with Crippen LogP contribution in [0.25, 0.3) is 4.83 Å². The smallest absolute Gasteiger partial charge is 0.120 e. The van der Waals surface area contributed by atoms with E-state index in [0.717, 1.165) is 18.5 Å². The quantitative estimate of drug-likeness (QED) is 0.837. The highest BCUT2D eigenvalue weighted by Gasteiger charge is 2.40. The number of aliphatic hydroxyl groups is 1. The Morgan fingerprint density at radius 1 is 1.29 bits per heavy atom. The molecule has 0 amide bonds. The molecule has 0 radical (unpaired) electrons. The molecule has 2 heterocycles. The molecule has 2 fully saturated rings. The first kappa shape index (κ1) is 13.8. The standard InChI is InChI=1S/C17H24N2OS/c1-17(8-4-2-3-5-9-17)16(20)14-15(12-6-7-12)21-13-10-18-11-19(13)14/h10-12,16,20H,2-9H2,1H3. The van der Waals surface area contributed by atoms with Crippen LogP contribution in [0.3, 0.4) is 0 Å². The minimum atomic E-state index is -0.353. The molecule has 4 rings (SSSR count). The molecule has 2 saturated carbocycles. The first-order valence-electron chi connectivity index (χ1n) is 8.32. The molecule has 0 spiro atoms. The summed E-state index contributed by atoms with van der Waals surface area (Å²) in [6, 6.07) is 0. The third-order valence-corrected chi connectivity index (χ3v) is 6.72. The van der Waals surface area contributed by atoms with Crippen LogP contribution in [0.1, 0.15) is 80.9 Å². The van der Waals surface area contributed by atoms with Gasteiger partial charge in [-0.15, -0.1) is 11.3 Å². The van der Waals surface area contributed by atoms with Crippen molar-refractivity contribution in [3.63, 3.8) is 0 Å². The largest absolute Gasteiger partial charge is 0.386 e. The van der Waals surface area contributed by atoms with E-state index in [1.807, 2.05) is 23.9 Å². The van der Waals surface area contributed by atoms with Crippen molar-refractivity contribution in [1.82, 2.24) is 9.38 Å². The molecule has 21 heavy (non-hydrogen) atoms. The summed E-state index contributed by atoms with van der Waals surface area (Å²) in [5, 5.41) is 11.3. The van der Waals surface area contributed by atoms with Crippen LogP contribution in [-0.4, -0.2) is 14.5 Å². The van der Waals surface area contributed by atoms with Gasteiger partial charge in [-0.1, -0.05) is 32.6 Å². The Hall–Kier alpha value is -0.870. The number of rotatable bonds is 3. The van der Waals surface area contributed by atoms with Crippen molar-refractivity contribution in [2.24, 2.45) is 5.41 Å². The monoisotopic (exact) mass is 304 g/mol. The van der Waals surface area contributed by atoms with Gasteiger partial charge in [0, 0.05) is 4.88 Å². The van der Waals surface area contributed by atoms with Crippen LogP contribution < -0.4 is 0 Å². The number of hydrogen-bond acceptors (Lipinski definition) is 3. The molecule has 2 aliphatic rings. The van der Waals surface area contributed by atoms with E-state index in [2.05, 4.69) is 16.3 Å². The van der Waals surface area contributed by atoms with Crippen molar-refractivity contribution in [1.29, 1.82) is 0 Å². The summed E-state index contributed by atoms with van der Waals surface area (Å²) in [4.78, 5) is 6.88. The predicted octanol–water partition coefficient (Wildman–Crippen LogP) is 4.67.